The summed E-state index contributed by atoms with van der Waals surface area (Å²) >= 11 is 2.03. The molecule has 0 aromatic carbocycles. The van der Waals surface area contributed by atoms with Crippen LogP contribution < -0.4 is 5.32 Å². The number of hydrogen-bond acceptors (Lipinski definition) is 5. The van der Waals surface area contributed by atoms with Crippen LogP contribution >= 0.6 is 11.8 Å². The minimum Gasteiger partial charge on any atom is -0.307 e. The fraction of sp³-hybridized carbons (Fsp3) is 0.900. The molecule has 1 saturated carbocycles. The minimum atomic E-state index is 0.521. The topological polar surface area (TPSA) is 55.6 Å². The zero-order chi connectivity index (χ0) is 10.8. The molecule has 1 aliphatic heterocycles. The third kappa shape index (κ3) is 2.38. The van der Waals surface area contributed by atoms with Crippen molar-refractivity contribution in [3.05, 3.63) is 5.82 Å². The van der Waals surface area contributed by atoms with E-state index in [0.717, 1.165) is 12.4 Å². The molecule has 1 aromatic heterocycles. The summed E-state index contributed by atoms with van der Waals surface area (Å²) in [5, 5.41) is 15.5. The van der Waals surface area contributed by atoms with Gasteiger partial charge in [-0.1, -0.05) is 0 Å². The Bertz CT molecular complexity index is 343. The molecule has 0 bridgehead atoms. The molecule has 2 fully saturated rings. The molecular weight excluding hydrogens is 222 g/mol. The summed E-state index contributed by atoms with van der Waals surface area (Å²) in [6.07, 6.45) is 5.02. The maximum Gasteiger partial charge on any atom is 0.165 e. The Balaban J connectivity index is 1.65. The summed E-state index contributed by atoms with van der Waals surface area (Å²) in [5.74, 6) is 3.48. The van der Waals surface area contributed by atoms with Gasteiger partial charge in [-0.3, -0.25) is 0 Å². The molecule has 2 aliphatic rings. The van der Waals surface area contributed by atoms with Crippen LogP contribution in [0.5, 0.6) is 0 Å². The van der Waals surface area contributed by atoms with Gasteiger partial charge in [0.25, 0.3) is 0 Å². The molecule has 0 unspecified atom stereocenters. The summed E-state index contributed by atoms with van der Waals surface area (Å²) in [5.41, 5.74) is 0. The Morgan fingerprint density at radius 1 is 1.25 bits per heavy atom. The minimum absolute atomic E-state index is 0.521. The van der Waals surface area contributed by atoms with Gasteiger partial charge in [-0.25, -0.2) is 4.68 Å². The highest BCUT2D eigenvalue weighted by Crippen LogP contribution is 2.27. The molecule has 2 heterocycles. The van der Waals surface area contributed by atoms with Crippen molar-refractivity contribution in [1.82, 2.24) is 25.5 Å². The van der Waals surface area contributed by atoms with Gasteiger partial charge < -0.3 is 5.32 Å². The quantitative estimate of drug-likeness (QED) is 0.849. The van der Waals surface area contributed by atoms with Gasteiger partial charge >= 0.3 is 0 Å². The Labute approximate surface area is 99.4 Å². The molecule has 0 spiro atoms. The molecular formula is C10H17N5S. The summed E-state index contributed by atoms with van der Waals surface area (Å²) < 4.78 is 2.04. The highest BCUT2D eigenvalue weighted by Gasteiger charge is 2.23. The molecule has 1 aliphatic carbocycles. The number of thioether (sulfide) groups is 1. The molecule has 3 rings (SSSR count). The van der Waals surface area contributed by atoms with E-state index in [-0.39, 0.29) is 0 Å². The van der Waals surface area contributed by atoms with Crippen LogP contribution in [0, 0.1) is 0 Å². The van der Waals surface area contributed by atoms with Gasteiger partial charge in [-0.05, 0) is 47.6 Å². The van der Waals surface area contributed by atoms with E-state index in [0.29, 0.717) is 12.1 Å². The maximum atomic E-state index is 4.14. The second-order valence-corrected chi connectivity index (χ2v) is 5.76. The third-order valence-corrected chi connectivity index (χ3v) is 4.27. The third-order valence-electron chi connectivity index (χ3n) is 3.22. The van der Waals surface area contributed by atoms with Crippen LogP contribution in [0.3, 0.4) is 0 Å². The largest absolute Gasteiger partial charge is 0.307 e. The van der Waals surface area contributed by atoms with E-state index < -0.39 is 0 Å². The van der Waals surface area contributed by atoms with Crippen molar-refractivity contribution >= 4 is 11.8 Å². The molecule has 6 heteroatoms. The standard InChI is InChI=1S/C10H17N5S/c1-2-8(1)11-7-10-12-13-14-15(10)9-3-5-16-6-4-9/h8-9,11H,1-7H2. The molecule has 0 amide bonds. The lowest BCUT2D eigenvalue weighted by Crippen LogP contribution is -2.23. The predicted molar refractivity (Wildman–Crippen MR) is 63.3 cm³/mol. The van der Waals surface area contributed by atoms with Crippen molar-refractivity contribution in [3.8, 4) is 0 Å². The van der Waals surface area contributed by atoms with Crippen molar-refractivity contribution in [2.45, 2.75) is 44.3 Å². The number of hydrogen-bond donors (Lipinski definition) is 1. The molecule has 5 nitrogen and oxygen atoms in total. The lowest BCUT2D eigenvalue weighted by atomic mass is 10.1. The van der Waals surface area contributed by atoms with Gasteiger partial charge in [0.2, 0.25) is 0 Å². The average molecular weight is 239 g/mol. The normalized spacial score (nSPS) is 22.5. The van der Waals surface area contributed by atoms with E-state index in [1.165, 1.54) is 37.2 Å². The molecule has 88 valence electrons. The smallest absolute Gasteiger partial charge is 0.165 e. The summed E-state index contributed by atoms with van der Waals surface area (Å²) in [6.45, 7) is 0.821. The number of rotatable bonds is 4. The molecule has 0 atom stereocenters. The van der Waals surface area contributed by atoms with Crippen LogP contribution in [-0.4, -0.2) is 37.8 Å². The summed E-state index contributed by atoms with van der Waals surface area (Å²) in [4.78, 5) is 0. The van der Waals surface area contributed by atoms with Crippen LogP contribution in [0.25, 0.3) is 0 Å². The van der Waals surface area contributed by atoms with Gasteiger partial charge in [0.15, 0.2) is 5.82 Å². The van der Waals surface area contributed by atoms with Crippen LogP contribution in [0.15, 0.2) is 0 Å². The average Bonchev–Trinajstić information content (AvgIpc) is 3.05. The van der Waals surface area contributed by atoms with Crippen LogP contribution in [0.1, 0.15) is 37.5 Å². The van der Waals surface area contributed by atoms with E-state index >= 15 is 0 Å². The van der Waals surface area contributed by atoms with Crippen LogP contribution in [-0.2, 0) is 6.54 Å². The fourth-order valence-corrected chi connectivity index (χ4v) is 3.15. The number of aromatic nitrogens is 4. The first kappa shape index (κ1) is 10.5. The Morgan fingerprint density at radius 3 is 2.81 bits per heavy atom. The zero-order valence-electron chi connectivity index (χ0n) is 9.30. The first-order valence-electron chi connectivity index (χ1n) is 6.01. The molecule has 1 saturated heterocycles. The number of nitrogens with one attached hydrogen (secondary N) is 1. The monoisotopic (exact) mass is 239 g/mol. The fourth-order valence-electron chi connectivity index (χ4n) is 2.07. The Hall–Kier alpha value is -0.620. The predicted octanol–water partition coefficient (Wildman–Crippen LogP) is 0.993. The van der Waals surface area contributed by atoms with E-state index in [1.54, 1.807) is 0 Å². The zero-order valence-corrected chi connectivity index (χ0v) is 10.1. The molecule has 1 N–H and O–H groups in total. The molecule has 16 heavy (non-hydrogen) atoms. The van der Waals surface area contributed by atoms with E-state index in [1.807, 2.05) is 16.4 Å². The molecule has 1 aromatic rings. The van der Waals surface area contributed by atoms with E-state index in [4.69, 9.17) is 0 Å². The number of tetrazole rings is 1. The molecule has 0 radical (unpaired) electrons. The lowest BCUT2D eigenvalue weighted by molar-refractivity contribution is 0.398. The van der Waals surface area contributed by atoms with Gasteiger partial charge in [-0.15, -0.1) is 5.10 Å². The Kier molecular flexibility index (Phi) is 3.10. The van der Waals surface area contributed by atoms with Crippen molar-refractivity contribution < 1.29 is 0 Å². The van der Waals surface area contributed by atoms with Gasteiger partial charge in [0.05, 0.1) is 12.6 Å². The first-order chi connectivity index (χ1) is 7.93. The van der Waals surface area contributed by atoms with Crippen LogP contribution in [0.4, 0.5) is 0 Å². The lowest BCUT2D eigenvalue weighted by Gasteiger charge is -2.22. The van der Waals surface area contributed by atoms with Gasteiger partial charge in [0, 0.05) is 6.04 Å². The van der Waals surface area contributed by atoms with Crippen molar-refractivity contribution in [1.29, 1.82) is 0 Å². The summed E-state index contributed by atoms with van der Waals surface area (Å²) in [6, 6.07) is 1.24. The SMILES string of the molecule is C1CC(n2nnnc2CNC2CC2)CCS1. The van der Waals surface area contributed by atoms with E-state index in [9.17, 15) is 0 Å². The van der Waals surface area contributed by atoms with E-state index in [2.05, 4.69) is 20.8 Å². The highest BCUT2D eigenvalue weighted by molar-refractivity contribution is 7.99. The highest BCUT2D eigenvalue weighted by atomic mass is 32.2. The van der Waals surface area contributed by atoms with Gasteiger partial charge in [0.1, 0.15) is 0 Å². The first-order valence-corrected chi connectivity index (χ1v) is 7.17. The van der Waals surface area contributed by atoms with Crippen LogP contribution in [0.2, 0.25) is 0 Å². The van der Waals surface area contributed by atoms with Crippen molar-refractivity contribution in [2.24, 2.45) is 0 Å². The number of nitrogens with zero attached hydrogens (tertiary/aromatic N) is 4. The second-order valence-electron chi connectivity index (χ2n) is 4.54. The second kappa shape index (κ2) is 4.71. The van der Waals surface area contributed by atoms with Crippen molar-refractivity contribution in [2.75, 3.05) is 11.5 Å². The van der Waals surface area contributed by atoms with Gasteiger partial charge in [-0.2, -0.15) is 11.8 Å². The summed E-state index contributed by atoms with van der Waals surface area (Å²) in [7, 11) is 0. The maximum absolute atomic E-state index is 4.14. The Morgan fingerprint density at radius 2 is 2.06 bits per heavy atom. The van der Waals surface area contributed by atoms with Crippen molar-refractivity contribution in [3.63, 3.8) is 0 Å².